The molecule has 3 heteroatoms. The Morgan fingerprint density at radius 2 is 1.86 bits per heavy atom. The fourth-order valence-corrected chi connectivity index (χ4v) is 1.57. The van der Waals surface area contributed by atoms with Crippen molar-refractivity contribution in [1.82, 2.24) is 5.32 Å². The first-order valence-electron chi connectivity index (χ1n) is 5.66. The van der Waals surface area contributed by atoms with E-state index in [2.05, 4.69) is 19.2 Å². The third-order valence-electron chi connectivity index (χ3n) is 2.40. The predicted molar refractivity (Wildman–Crippen MR) is 60.0 cm³/mol. The lowest BCUT2D eigenvalue weighted by atomic mass is 10.0. The second kappa shape index (κ2) is 7.80. The molecule has 2 unspecified atom stereocenters. The van der Waals surface area contributed by atoms with Gasteiger partial charge in [-0.25, -0.2) is 0 Å². The van der Waals surface area contributed by atoms with Gasteiger partial charge in [-0.3, -0.25) is 4.79 Å². The van der Waals surface area contributed by atoms with Gasteiger partial charge in [0.1, 0.15) is 0 Å². The average molecular weight is 200 g/mol. The molecule has 0 rings (SSSR count). The molecule has 3 N–H and O–H groups in total. The van der Waals surface area contributed by atoms with E-state index in [1.165, 1.54) is 0 Å². The van der Waals surface area contributed by atoms with E-state index in [0.29, 0.717) is 6.54 Å². The van der Waals surface area contributed by atoms with Crippen molar-refractivity contribution in [1.29, 1.82) is 0 Å². The number of nitrogens with one attached hydrogen (secondary N) is 1. The first kappa shape index (κ1) is 13.4. The zero-order valence-electron chi connectivity index (χ0n) is 9.68. The van der Waals surface area contributed by atoms with E-state index in [-0.39, 0.29) is 17.9 Å². The number of hydrogen-bond acceptors (Lipinski definition) is 2. The van der Waals surface area contributed by atoms with Crippen molar-refractivity contribution < 1.29 is 4.79 Å². The zero-order valence-corrected chi connectivity index (χ0v) is 9.68. The van der Waals surface area contributed by atoms with Crippen LogP contribution in [0.25, 0.3) is 0 Å². The van der Waals surface area contributed by atoms with Crippen LogP contribution in [0, 0.1) is 5.92 Å². The maximum absolute atomic E-state index is 11.7. The number of rotatable bonds is 7. The fraction of sp³-hybridized carbons (Fsp3) is 0.909. The number of hydrogen-bond donors (Lipinski definition) is 2. The Balaban J connectivity index is 3.90. The molecule has 0 saturated heterocycles. The second-order valence-corrected chi connectivity index (χ2v) is 3.92. The summed E-state index contributed by atoms with van der Waals surface area (Å²) in [5.74, 6) is 0.120. The van der Waals surface area contributed by atoms with Gasteiger partial charge in [0.15, 0.2) is 0 Å². The quantitative estimate of drug-likeness (QED) is 0.657. The van der Waals surface area contributed by atoms with Crippen LogP contribution in [-0.4, -0.2) is 18.5 Å². The van der Waals surface area contributed by atoms with Gasteiger partial charge in [-0.1, -0.05) is 26.7 Å². The topological polar surface area (TPSA) is 55.1 Å². The summed E-state index contributed by atoms with van der Waals surface area (Å²) in [7, 11) is 0. The van der Waals surface area contributed by atoms with Gasteiger partial charge in [0.2, 0.25) is 5.91 Å². The van der Waals surface area contributed by atoms with Crippen LogP contribution in [0.2, 0.25) is 0 Å². The molecule has 0 bridgehead atoms. The van der Waals surface area contributed by atoms with E-state index in [0.717, 1.165) is 25.7 Å². The van der Waals surface area contributed by atoms with Crippen molar-refractivity contribution in [3.63, 3.8) is 0 Å². The predicted octanol–water partition coefficient (Wildman–Crippen LogP) is 1.67. The highest BCUT2D eigenvalue weighted by Gasteiger charge is 2.16. The number of nitrogens with two attached hydrogens (primary N) is 1. The maximum atomic E-state index is 11.7. The van der Waals surface area contributed by atoms with Crippen molar-refractivity contribution in [2.75, 3.05) is 6.54 Å². The minimum Gasteiger partial charge on any atom is -0.353 e. The Labute approximate surface area is 87.4 Å². The highest BCUT2D eigenvalue weighted by atomic mass is 16.1. The highest BCUT2D eigenvalue weighted by Crippen LogP contribution is 2.05. The Morgan fingerprint density at radius 3 is 2.29 bits per heavy atom. The van der Waals surface area contributed by atoms with Crippen LogP contribution in [0.4, 0.5) is 0 Å². The molecule has 1 amide bonds. The summed E-state index contributed by atoms with van der Waals surface area (Å²) < 4.78 is 0. The molecule has 3 nitrogen and oxygen atoms in total. The number of carbonyl (C=O) groups excluding carboxylic acids is 1. The zero-order chi connectivity index (χ0) is 11.0. The van der Waals surface area contributed by atoms with E-state index in [1.54, 1.807) is 0 Å². The van der Waals surface area contributed by atoms with E-state index in [9.17, 15) is 4.79 Å². The van der Waals surface area contributed by atoms with E-state index in [1.807, 2.05) is 6.92 Å². The molecule has 0 saturated carbocycles. The van der Waals surface area contributed by atoms with Crippen LogP contribution in [0.5, 0.6) is 0 Å². The summed E-state index contributed by atoms with van der Waals surface area (Å²) in [6.45, 7) is 6.69. The molecule has 0 spiro atoms. The molecule has 0 aromatic heterocycles. The first-order valence-corrected chi connectivity index (χ1v) is 5.66. The van der Waals surface area contributed by atoms with Crippen LogP contribution < -0.4 is 11.1 Å². The summed E-state index contributed by atoms with van der Waals surface area (Å²) >= 11 is 0. The molecule has 0 heterocycles. The average Bonchev–Trinajstić information content (AvgIpc) is 2.14. The van der Waals surface area contributed by atoms with Gasteiger partial charge in [-0.2, -0.15) is 0 Å². The third kappa shape index (κ3) is 5.22. The van der Waals surface area contributed by atoms with Gasteiger partial charge in [0, 0.05) is 12.6 Å². The molecular weight excluding hydrogens is 176 g/mol. The summed E-state index contributed by atoms with van der Waals surface area (Å²) in [5.41, 5.74) is 5.55. The molecule has 0 fully saturated rings. The molecule has 0 aromatic rings. The summed E-state index contributed by atoms with van der Waals surface area (Å²) in [6.07, 6.45) is 4.04. The van der Waals surface area contributed by atoms with Gasteiger partial charge in [0.05, 0.1) is 5.92 Å². The lowest BCUT2D eigenvalue weighted by Crippen LogP contribution is -2.39. The Kier molecular flexibility index (Phi) is 7.48. The third-order valence-corrected chi connectivity index (χ3v) is 2.40. The minimum atomic E-state index is -0.000642. The van der Waals surface area contributed by atoms with E-state index in [4.69, 9.17) is 5.73 Å². The molecule has 14 heavy (non-hydrogen) atoms. The van der Waals surface area contributed by atoms with Crippen LogP contribution in [0.15, 0.2) is 0 Å². The molecule has 84 valence electrons. The van der Waals surface area contributed by atoms with Crippen molar-refractivity contribution in [3.8, 4) is 0 Å². The summed E-state index contributed by atoms with van der Waals surface area (Å²) in [5, 5.41) is 3.00. The Bertz CT molecular complexity index is 159. The first-order chi connectivity index (χ1) is 6.65. The second-order valence-electron chi connectivity index (χ2n) is 3.92. The largest absolute Gasteiger partial charge is 0.353 e. The molecule has 2 atom stereocenters. The summed E-state index contributed by atoms with van der Waals surface area (Å²) in [6, 6.07) is 0.276. The van der Waals surface area contributed by atoms with Crippen LogP contribution in [0.1, 0.15) is 46.5 Å². The van der Waals surface area contributed by atoms with Crippen molar-refractivity contribution in [2.45, 2.75) is 52.5 Å². The van der Waals surface area contributed by atoms with Gasteiger partial charge in [-0.05, 0) is 19.8 Å². The standard InChI is InChI=1S/C11H24N2O/c1-4-6-9(3)13-11(14)10(8-12)7-5-2/h9-10H,4-8,12H2,1-3H3,(H,13,14). The SMILES string of the molecule is CCCC(C)NC(=O)C(CN)CCC. The number of carbonyl (C=O) groups is 1. The fourth-order valence-electron chi connectivity index (χ4n) is 1.57. The molecule has 0 aromatic carbocycles. The molecule has 0 aliphatic carbocycles. The Hall–Kier alpha value is -0.570. The van der Waals surface area contributed by atoms with Gasteiger partial charge in [0.25, 0.3) is 0 Å². The normalized spacial score (nSPS) is 14.9. The lowest BCUT2D eigenvalue weighted by molar-refractivity contribution is -0.125. The lowest BCUT2D eigenvalue weighted by Gasteiger charge is -2.18. The van der Waals surface area contributed by atoms with Crippen LogP contribution >= 0.6 is 0 Å². The molecule has 0 radical (unpaired) electrons. The van der Waals surface area contributed by atoms with Crippen LogP contribution in [0.3, 0.4) is 0 Å². The van der Waals surface area contributed by atoms with E-state index < -0.39 is 0 Å². The smallest absolute Gasteiger partial charge is 0.224 e. The summed E-state index contributed by atoms with van der Waals surface area (Å²) in [4.78, 5) is 11.7. The van der Waals surface area contributed by atoms with Gasteiger partial charge >= 0.3 is 0 Å². The number of amides is 1. The van der Waals surface area contributed by atoms with Crippen molar-refractivity contribution >= 4 is 5.91 Å². The molecule has 0 aliphatic heterocycles. The van der Waals surface area contributed by atoms with Crippen molar-refractivity contribution in [2.24, 2.45) is 11.7 Å². The van der Waals surface area contributed by atoms with Crippen LogP contribution in [-0.2, 0) is 4.79 Å². The molecular formula is C11H24N2O. The minimum absolute atomic E-state index is 0.000642. The van der Waals surface area contributed by atoms with E-state index >= 15 is 0 Å². The molecule has 0 aliphatic rings. The van der Waals surface area contributed by atoms with Crippen molar-refractivity contribution in [3.05, 3.63) is 0 Å². The van der Waals surface area contributed by atoms with Gasteiger partial charge in [-0.15, -0.1) is 0 Å². The maximum Gasteiger partial charge on any atom is 0.224 e. The Morgan fingerprint density at radius 1 is 1.29 bits per heavy atom. The van der Waals surface area contributed by atoms with Gasteiger partial charge < -0.3 is 11.1 Å². The monoisotopic (exact) mass is 200 g/mol. The highest BCUT2D eigenvalue weighted by molar-refractivity contribution is 5.79.